The fourth-order valence-corrected chi connectivity index (χ4v) is 19.5. The van der Waals surface area contributed by atoms with Crippen molar-refractivity contribution in [2.45, 2.75) is 209 Å². The van der Waals surface area contributed by atoms with Crippen LogP contribution >= 0.6 is 0 Å². The number of nitrogens with zero attached hydrogens (tertiary/aromatic N) is 5. The maximum atomic E-state index is 14.3. The number of halogens is 1. The largest absolute Gasteiger partial charge is 0.220 e. The fraction of sp³-hybridized carbons (Fsp3) is 0.303. The Morgan fingerprint density at radius 1 is 0.289 bits per heavy atom. The van der Waals surface area contributed by atoms with E-state index in [0.717, 1.165) is 39.9 Å². The Balaban J connectivity index is 0.000000131. The first-order chi connectivity index (χ1) is 61.1. The number of hydrogen-bond donors (Lipinski definition) is 0. The molecule has 1 aliphatic rings. The van der Waals surface area contributed by atoms with Crippen LogP contribution in [0.2, 0.25) is 0 Å². The molecule has 18 rings (SSSR count). The number of rotatable bonds is 11. The van der Waals surface area contributed by atoms with Gasteiger partial charge in [0.15, 0.2) is 28.9 Å². The van der Waals surface area contributed by atoms with Crippen LogP contribution in [-0.4, -0.2) is 0 Å². The van der Waals surface area contributed by atoms with E-state index in [2.05, 4.69) is 423 Å². The summed E-state index contributed by atoms with van der Waals surface area (Å²) in [7, 11) is 10.6. The molecule has 0 unspecified atom stereocenters. The zero-order chi connectivity index (χ0) is 93.1. The van der Waals surface area contributed by atoms with Crippen LogP contribution in [-0.2, 0) is 47.1 Å². The van der Waals surface area contributed by atoms with Crippen molar-refractivity contribution in [2.24, 2.45) is 41.2 Å². The van der Waals surface area contributed by atoms with Crippen molar-refractivity contribution >= 4 is 64.6 Å². The molecule has 0 bridgehead atoms. The van der Waals surface area contributed by atoms with Crippen molar-refractivity contribution in [3.8, 4) is 67.4 Å². The van der Waals surface area contributed by atoms with Gasteiger partial charge in [0.25, 0.3) is 0 Å². The summed E-state index contributed by atoms with van der Waals surface area (Å²) in [4.78, 5) is 0. The van der Waals surface area contributed by atoms with Crippen LogP contribution in [0, 0.1) is 102 Å². The van der Waals surface area contributed by atoms with Crippen LogP contribution in [0.5, 0.6) is 0 Å². The van der Waals surface area contributed by atoms with Crippen molar-refractivity contribution in [3.05, 3.63) is 360 Å². The molecule has 0 saturated heterocycles. The summed E-state index contributed by atoms with van der Waals surface area (Å²) in [6.45, 7) is 54.8. The molecule has 5 nitrogen and oxygen atoms in total. The van der Waals surface area contributed by atoms with E-state index in [0.29, 0.717) is 41.3 Å². The molecule has 0 radical (unpaired) electrons. The highest BCUT2D eigenvalue weighted by Crippen LogP contribution is 2.51. The number of benzene rings is 12. The first kappa shape index (κ1) is 90.7. The van der Waals surface area contributed by atoms with E-state index in [4.69, 9.17) is 1.37 Å². The van der Waals surface area contributed by atoms with Crippen LogP contribution < -0.4 is 22.8 Å². The molecule has 0 amide bonds. The predicted molar refractivity (Wildman–Crippen MR) is 544 cm³/mol. The summed E-state index contributed by atoms with van der Waals surface area (Å²) in [6.07, 6.45) is 1.67. The third kappa shape index (κ3) is 18.1. The van der Waals surface area contributed by atoms with E-state index < -0.39 is 0 Å². The van der Waals surface area contributed by atoms with Crippen molar-refractivity contribution in [1.82, 2.24) is 0 Å². The van der Waals surface area contributed by atoms with Crippen molar-refractivity contribution in [3.63, 3.8) is 0 Å². The highest BCUT2D eigenvalue weighted by molar-refractivity contribution is 6.01. The minimum absolute atomic E-state index is 0.0113. The molecule has 0 saturated carbocycles. The molecule has 0 fully saturated rings. The molecule has 0 N–H and O–H groups in total. The van der Waals surface area contributed by atoms with Crippen LogP contribution in [0.1, 0.15) is 220 Å². The van der Waals surface area contributed by atoms with Gasteiger partial charge in [-0.25, -0.2) is 8.96 Å². The molecule has 17 aromatic rings. The highest BCUT2D eigenvalue weighted by atomic mass is 19.1. The number of fused-ring (bicyclic) bond motifs is 9. The number of aromatic nitrogens is 5. The molecule has 0 spiro atoms. The average Bonchev–Trinajstić information content (AvgIpc) is 1.54. The molecule has 1 aliphatic carbocycles. The summed E-state index contributed by atoms with van der Waals surface area (Å²) in [5.74, 6) is 2.65. The zero-order valence-corrected chi connectivity index (χ0v) is 82.2. The molecule has 128 heavy (non-hydrogen) atoms. The zero-order valence-electron chi connectivity index (χ0n) is 83.2. The van der Waals surface area contributed by atoms with Gasteiger partial charge in [-0.15, -0.1) is 0 Å². The molecule has 0 aliphatic heterocycles. The minimum atomic E-state index is -0.0945. The molecule has 12 aromatic carbocycles. The second-order valence-electron chi connectivity index (χ2n) is 39.3. The highest BCUT2D eigenvalue weighted by Gasteiger charge is 2.37. The van der Waals surface area contributed by atoms with Gasteiger partial charge in [0.05, 0.1) is 49.2 Å². The predicted octanol–water partition coefficient (Wildman–Crippen LogP) is 30.0. The first-order valence-corrected chi connectivity index (χ1v) is 46.5. The Hall–Kier alpha value is -12.1. The van der Waals surface area contributed by atoms with Gasteiger partial charge in [-0.1, -0.05) is 234 Å². The normalized spacial score (nSPS) is 12.3. The van der Waals surface area contributed by atoms with Gasteiger partial charge >= 0.3 is 0 Å². The van der Waals surface area contributed by atoms with Crippen LogP contribution in [0.25, 0.3) is 132 Å². The summed E-state index contributed by atoms with van der Waals surface area (Å²) < 4.78 is 33.9. The SMILES string of the molecule is Cc1cc(-c2c3ccc(C(C)C)cc3cc(C)[n+]2C)c(C)c(C)c1F.Cc1cc2c(cc1-c1c3ccc(C(C)C)cc3cc(C)[n+]1C)C(C)(C)c1ccccc1-2.Cc1cc2ccccc2cc1-c1c2ccc(C(C)C)cc2cc(C)[n+]1C.Cc1ccccc1-c1c2ccc(CC(C)C)cc2cc(C)[n+]1C.[2H]c1cc2cc(C(C)C)ccc2c(-c2cc(C)cc(C)c2C)[n+]1C. The second-order valence-corrected chi connectivity index (χ2v) is 39.3. The van der Waals surface area contributed by atoms with E-state index >= 15 is 0 Å². The molecular formula is C122H137FN5+5. The van der Waals surface area contributed by atoms with Crippen LogP contribution in [0.4, 0.5) is 4.39 Å². The Labute approximate surface area is 765 Å². The molecule has 5 aromatic heterocycles. The van der Waals surface area contributed by atoms with Crippen molar-refractivity contribution in [1.29, 1.82) is 0 Å². The van der Waals surface area contributed by atoms with Crippen molar-refractivity contribution in [2.75, 3.05) is 0 Å². The fourth-order valence-electron chi connectivity index (χ4n) is 19.5. The van der Waals surface area contributed by atoms with E-state index in [1.807, 2.05) is 44.5 Å². The number of hydrogen-bond acceptors (Lipinski definition) is 0. The lowest BCUT2D eigenvalue weighted by Crippen LogP contribution is -2.35. The summed E-state index contributed by atoms with van der Waals surface area (Å²) in [6, 6.07) is 87.6. The van der Waals surface area contributed by atoms with Gasteiger partial charge in [-0.3, -0.25) is 0 Å². The standard InChI is InChI=1S/C30H32N.C25H26N.C23H27FN.2C22H26N/c1-18(2)21-12-13-23-22(16-21)15-20(4)31(7)29(23)25-17-28-26(14-19(25)3)24-10-8-9-11-27(24)30(28,5)6;1-16(2)19-10-11-23-22(14-19)13-18(4)26(5)25(23)24-15-21-9-7-6-8-20(21)12-17(24)3;1-13(2)18-8-9-20-19(12-18)11-15(4)25(7)23(20)21-10-14(3)22(24)17(6)16(21)5;1-14(2)18-7-8-20-19(13-18)9-10-23(6)22(20)21-12-15(3)11-16(4)17(21)5;1-15(2)12-18-10-11-21-19(14-18)13-17(4)23(5)22(21)20-9-7-6-8-16(20)3/h8-18H,1-7H3;6-16H,1-5H3;8-13H,1-7H3;7-14H,1-6H3;6-11,13-15H,12H2,1-5H3/q5*+1/i;;;10D;. The Kier molecular flexibility index (Phi) is 26.4. The van der Waals surface area contributed by atoms with Gasteiger partial charge in [-0.2, -0.15) is 18.3 Å². The summed E-state index contributed by atoms with van der Waals surface area (Å²) in [5.41, 5.74) is 40.4. The first-order valence-electron chi connectivity index (χ1n) is 47.0. The minimum Gasteiger partial charge on any atom is -0.206 e. The molecule has 5 heterocycles. The third-order valence-electron chi connectivity index (χ3n) is 27.9. The van der Waals surface area contributed by atoms with Gasteiger partial charge in [-0.05, 0) is 291 Å². The lowest BCUT2D eigenvalue weighted by Gasteiger charge is -2.22. The summed E-state index contributed by atoms with van der Waals surface area (Å²) >= 11 is 0. The second kappa shape index (κ2) is 37.3. The lowest BCUT2D eigenvalue weighted by molar-refractivity contribution is -0.665. The van der Waals surface area contributed by atoms with Crippen LogP contribution in [0.3, 0.4) is 0 Å². The molecule has 652 valence electrons. The van der Waals surface area contributed by atoms with Gasteiger partial charge in [0.1, 0.15) is 42.4 Å². The third-order valence-corrected chi connectivity index (χ3v) is 27.9. The maximum Gasteiger partial charge on any atom is 0.220 e. The van der Waals surface area contributed by atoms with Gasteiger partial charge < -0.3 is 0 Å². The van der Waals surface area contributed by atoms with Gasteiger partial charge in [0, 0.05) is 69.0 Å². The topological polar surface area (TPSA) is 19.4 Å². The van der Waals surface area contributed by atoms with E-state index in [1.165, 1.54) is 205 Å². The van der Waals surface area contributed by atoms with Crippen LogP contribution in [0.15, 0.2) is 243 Å². The average molecular weight is 1690 g/mol. The lowest BCUT2D eigenvalue weighted by atomic mass is 9.81. The monoisotopic (exact) mass is 1690 g/mol. The Morgan fingerprint density at radius 3 is 1.16 bits per heavy atom. The molecule has 6 heteroatoms. The quantitative estimate of drug-likeness (QED) is 0.115. The summed E-state index contributed by atoms with van der Waals surface area (Å²) in [5, 5.41) is 15.4. The smallest absolute Gasteiger partial charge is 0.206 e. The Bertz CT molecular complexity index is 7270. The van der Waals surface area contributed by atoms with E-state index in [9.17, 15) is 4.39 Å². The molecule has 0 atom stereocenters. The number of pyridine rings is 5. The van der Waals surface area contributed by atoms with Crippen molar-refractivity contribution < 1.29 is 28.6 Å². The van der Waals surface area contributed by atoms with E-state index in [-0.39, 0.29) is 11.2 Å². The number of aryl methyl sites for hydroxylation is 10. The van der Waals surface area contributed by atoms with E-state index in [1.54, 1.807) is 0 Å². The molecular weight excluding hydrogens is 1550 g/mol. The Morgan fingerprint density at radius 2 is 0.680 bits per heavy atom. The maximum absolute atomic E-state index is 14.3. The van der Waals surface area contributed by atoms with Gasteiger partial charge in [0.2, 0.25) is 28.5 Å².